The number of rotatable bonds is 4. The van der Waals surface area contributed by atoms with Gasteiger partial charge in [0.15, 0.2) is 5.82 Å². The van der Waals surface area contributed by atoms with Crippen LogP contribution in [0.1, 0.15) is 12.8 Å². The van der Waals surface area contributed by atoms with E-state index in [2.05, 4.69) is 5.32 Å². The Kier molecular flexibility index (Phi) is 3.53. The molecule has 0 amide bonds. The molecule has 0 unspecified atom stereocenters. The number of hydrogen-bond acceptors (Lipinski definition) is 4. The van der Waals surface area contributed by atoms with Crippen molar-refractivity contribution in [2.45, 2.75) is 18.9 Å². The molecule has 1 saturated heterocycles. The number of halogens is 1. The Morgan fingerprint density at radius 3 is 3.00 bits per heavy atom. The van der Waals surface area contributed by atoms with Gasteiger partial charge in [-0.2, -0.15) is 0 Å². The van der Waals surface area contributed by atoms with E-state index in [1.54, 1.807) is 0 Å². The van der Waals surface area contributed by atoms with E-state index >= 15 is 0 Å². The van der Waals surface area contributed by atoms with Gasteiger partial charge in [-0.25, -0.2) is 4.39 Å². The zero-order chi connectivity index (χ0) is 12.3. The molecule has 5 nitrogen and oxygen atoms in total. The minimum absolute atomic E-state index is 0.101. The summed E-state index contributed by atoms with van der Waals surface area (Å²) >= 11 is 0. The fourth-order valence-electron chi connectivity index (χ4n) is 1.79. The Balaban J connectivity index is 1.98. The third kappa shape index (κ3) is 2.91. The number of nitrogens with one attached hydrogen (secondary N) is 1. The summed E-state index contributed by atoms with van der Waals surface area (Å²) in [5.74, 6) is -0.614. The van der Waals surface area contributed by atoms with Crippen molar-refractivity contribution in [1.29, 1.82) is 0 Å². The number of nitrogens with zero attached hydrogens (tertiary/aromatic N) is 1. The summed E-state index contributed by atoms with van der Waals surface area (Å²) in [6.07, 6.45) is 2.08. The maximum Gasteiger partial charge on any atom is 0.272 e. The van der Waals surface area contributed by atoms with Gasteiger partial charge in [0, 0.05) is 19.2 Å². The summed E-state index contributed by atoms with van der Waals surface area (Å²) in [5.41, 5.74) is 0.0243. The van der Waals surface area contributed by atoms with Crippen LogP contribution in [0.15, 0.2) is 18.2 Å². The van der Waals surface area contributed by atoms with Crippen molar-refractivity contribution in [2.24, 2.45) is 0 Å². The van der Waals surface area contributed by atoms with Gasteiger partial charge in [-0.1, -0.05) is 0 Å². The molecule has 6 heteroatoms. The van der Waals surface area contributed by atoms with Gasteiger partial charge in [0.2, 0.25) is 0 Å². The van der Waals surface area contributed by atoms with Crippen LogP contribution in [0.25, 0.3) is 0 Å². The first-order valence-electron chi connectivity index (χ1n) is 5.46. The fourth-order valence-corrected chi connectivity index (χ4v) is 1.79. The van der Waals surface area contributed by atoms with Crippen molar-refractivity contribution >= 4 is 11.4 Å². The van der Waals surface area contributed by atoms with Crippen molar-refractivity contribution in [1.82, 2.24) is 0 Å². The smallest absolute Gasteiger partial charge is 0.272 e. The minimum atomic E-state index is -0.618. The first-order valence-corrected chi connectivity index (χ1v) is 5.46. The second-order valence-electron chi connectivity index (χ2n) is 3.94. The average Bonchev–Trinajstić information content (AvgIpc) is 2.80. The molecule has 92 valence electrons. The molecule has 1 heterocycles. The van der Waals surface area contributed by atoms with Gasteiger partial charge >= 0.3 is 0 Å². The van der Waals surface area contributed by atoms with Crippen LogP contribution in [-0.2, 0) is 4.74 Å². The molecule has 1 fully saturated rings. The van der Waals surface area contributed by atoms with Crippen molar-refractivity contribution in [3.05, 3.63) is 34.1 Å². The lowest BCUT2D eigenvalue weighted by Crippen LogP contribution is -2.18. The van der Waals surface area contributed by atoms with Crippen LogP contribution in [0, 0.1) is 15.9 Å². The zero-order valence-corrected chi connectivity index (χ0v) is 9.19. The van der Waals surface area contributed by atoms with Gasteiger partial charge in [0.25, 0.3) is 5.69 Å². The average molecular weight is 240 g/mol. The molecule has 0 aromatic heterocycles. The van der Waals surface area contributed by atoms with Gasteiger partial charge in [-0.15, -0.1) is 0 Å². The molecular formula is C11H13FN2O3. The number of nitro groups is 1. The highest BCUT2D eigenvalue weighted by molar-refractivity contribution is 5.50. The Morgan fingerprint density at radius 2 is 2.41 bits per heavy atom. The summed E-state index contributed by atoms with van der Waals surface area (Å²) in [6, 6.07) is 3.57. The third-order valence-electron chi connectivity index (χ3n) is 2.71. The molecule has 1 aliphatic rings. The Bertz CT molecular complexity index is 419. The maximum absolute atomic E-state index is 13.5. The second-order valence-corrected chi connectivity index (χ2v) is 3.94. The van der Waals surface area contributed by atoms with Gasteiger partial charge in [-0.3, -0.25) is 10.1 Å². The molecule has 1 N–H and O–H groups in total. The first-order chi connectivity index (χ1) is 8.16. The number of nitro benzene ring substituents is 1. The van der Waals surface area contributed by atoms with Crippen LogP contribution in [0.4, 0.5) is 15.8 Å². The summed E-state index contributed by atoms with van der Waals surface area (Å²) in [6.45, 7) is 1.27. The van der Waals surface area contributed by atoms with Crippen molar-refractivity contribution in [3.8, 4) is 0 Å². The first kappa shape index (κ1) is 11.8. The zero-order valence-electron chi connectivity index (χ0n) is 9.19. The molecule has 1 atom stereocenters. The SMILES string of the molecule is O=[N+]([O-])c1ccc(NC[C@@H]2CCCO2)c(F)c1. The number of hydrogen-bond donors (Lipinski definition) is 1. The molecule has 0 spiro atoms. The molecule has 1 aromatic carbocycles. The molecule has 0 saturated carbocycles. The van der Waals surface area contributed by atoms with E-state index in [1.807, 2.05) is 0 Å². The fraction of sp³-hybridized carbons (Fsp3) is 0.455. The monoisotopic (exact) mass is 240 g/mol. The molecule has 0 bridgehead atoms. The minimum Gasteiger partial charge on any atom is -0.380 e. The molecular weight excluding hydrogens is 227 g/mol. The quantitative estimate of drug-likeness (QED) is 0.648. The summed E-state index contributed by atoms with van der Waals surface area (Å²) in [5, 5.41) is 13.3. The normalized spacial score (nSPS) is 19.2. The molecule has 17 heavy (non-hydrogen) atoms. The van der Waals surface area contributed by atoms with Crippen molar-refractivity contribution < 1.29 is 14.1 Å². The van der Waals surface area contributed by atoms with Crippen LogP contribution in [0.3, 0.4) is 0 Å². The standard InChI is InChI=1S/C11H13FN2O3/c12-10-6-8(14(15)16)3-4-11(10)13-7-9-2-1-5-17-9/h3-4,6,9,13H,1-2,5,7H2/t9-/m0/s1. The van der Waals surface area contributed by atoms with Gasteiger partial charge in [0.05, 0.1) is 22.8 Å². The van der Waals surface area contributed by atoms with E-state index in [0.29, 0.717) is 6.54 Å². The molecule has 1 aliphatic heterocycles. The van der Waals surface area contributed by atoms with E-state index in [1.165, 1.54) is 12.1 Å². The van der Waals surface area contributed by atoms with E-state index in [4.69, 9.17) is 4.74 Å². The lowest BCUT2D eigenvalue weighted by Gasteiger charge is -2.12. The highest BCUT2D eigenvalue weighted by atomic mass is 19.1. The van der Waals surface area contributed by atoms with E-state index in [-0.39, 0.29) is 17.5 Å². The molecule has 0 radical (unpaired) electrons. The maximum atomic E-state index is 13.5. The van der Waals surface area contributed by atoms with Crippen molar-refractivity contribution in [3.63, 3.8) is 0 Å². The number of benzene rings is 1. The lowest BCUT2D eigenvalue weighted by atomic mass is 10.2. The predicted octanol–water partition coefficient (Wildman–Crippen LogP) is 2.32. The topological polar surface area (TPSA) is 64.4 Å². The number of non-ortho nitro benzene ring substituents is 1. The lowest BCUT2D eigenvalue weighted by molar-refractivity contribution is -0.385. The highest BCUT2D eigenvalue weighted by Crippen LogP contribution is 2.21. The third-order valence-corrected chi connectivity index (χ3v) is 2.71. The van der Waals surface area contributed by atoms with E-state index in [0.717, 1.165) is 25.5 Å². The highest BCUT2D eigenvalue weighted by Gasteiger charge is 2.16. The van der Waals surface area contributed by atoms with Crippen LogP contribution >= 0.6 is 0 Å². The van der Waals surface area contributed by atoms with Gasteiger partial charge in [0.1, 0.15) is 0 Å². The number of ether oxygens (including phenoxy) is 1. The van der Waals surface area contributed by atoms with Crippen LogP contribution < -0.4 is 5.32 Å². The van der Waals surface area contributed by atoms with Crippen molar-refractivity contribution in [2.75, 3.05) is 18.5 Å². The molecule has 0 aliphatic carbocycles. The summed E-state index contributed by atoms with van der Waals surface area (Å²) in [4.78, 5) is 9.81. The largest absolute Gasteiger partial charge is 0.380 e. The van der Waals surface area contributed by atoms with Gasteiger partial charge in [-0.05, 0) is 18.9 Å². The summed E-state index contributed by atoms with van der Waals surface area (Å²) in [7, 11) is 0. The van der Waals surface area contributed by atoms with Gasteiger partial charge < -0.3 is 10.1 Å². The summed E-state index contributed by atoms with van der Waals surface area (Å²) < 4.78 is 18.9. The molecule has 2 rings (SSSR count). The van der Waals surface area contributed by atoms with Crippen LogP contribution in [0.5, 0.6) is 0 Å². The predicted molar refractivity (Wildman–Crippen MR) is 60.5 cm³/mol. The molecule has 1 aromatic rings. The Labute approximate surface area is 97.7 Å². The Morgan fingerprint density at radius 1 is 1.59 bits per heavy atom. The number of anilines is 1. The second kappa shape index (κ2) is 5.09. The van der Waals surface area contributed by atoms with Crippen LogP contribution in [0.2, 0.25) is 0 Å². The van der Waals surface area contributed by atoms with E-state index in [9.17, 15) is 14.5 Å². The van der Waals surface area contributed by atoms with Crippen LogP contribution in [-0.4, -0.2) is 24.2 Å². The Hall–Kier alpha value is -1.69. The van der Waals surface area contributed by atoms with E-state index < -0.39 is 10.7 Å².